The lowest BCUT2D eigenvalue weighted by Gasteiger charge is -2.36. The van der Waals surface area contributed by atoms with Crippen molar-refractivity contribution in [1.82, 2.24) is 4.98 Å². The van der Waals surface area contributed by atoms with E-state index in [0.717, 1.165) is 0 Å². The number of hydrogen-bond donors (Lipinski definition) is 3. The first-order valence-corrected chi connectivity index (χ1v) is 8.24. The Hall–Kier alpha value is -3.81. The number of fused-ring (bicyclic) bond motifs is 1. The van der Waals surface area contributed by atoms with Gasteiger partial charge in [-0.1, -0.05) is 0 Å². The number of nitrogens with one attached hydrogen (secondary N) is 3. The van der Waals surface area contributed by atoms with Gasteiger partial charge in [-0.15, -0.1) is 0 Å². The van der Waals surface area contributed by atoms with E-state index < -0.39 is 6.17 Å². The van der Waals surface area contributed by atoms with Gasteiger partial charge in [0.2, 0.25) is 5.88 Å². The van der Waals surface area contributed by atoms with Crippen LogP contribution in [0.15, 0.2) is 65.5 Å². The van der Waals surface area contributed by atoms with E-state index in [1.807, 2.05) is 0 Å². The Morgan fingerprint density at radius 1 is 1.30 bits per heavy atom. The topological polar surface area (TPSA) is 103 Å². The summed E-state index contributed by atoms with van der Waals surface area (Å²) in [6, 6.07) is 12.3. The van der Waals surface area contributed by atoms with Crippen LogP contribution in [-0.4, -0.2) is 30.0 Å². The number of pyridine rings is 1. The molecule has 8 nitrogen and oxygen atoms in total. The molecule has 1 atom stereocenters. The monoisotopic (exact) mass is 363 g/mol. The summed E-state index contributed by atoms with van der Waals surface area (Å²) in [7, 11) is 1.58. The summed E-state index contributed by atoms with van der Waals surface area (Å²) >= 11 is 0. The Morgan fingerprint density at radius 2 is 2.11 bits per heavy atom. The molecule has 27 heavy (non-hydrogen) atoms. The van der Waals surface area contributed by atoms with Crippen LogP contribution in [0.2, 0.25) is 0 Å². The van der Waals surface area contributed by atoms with Gasteiger partial charge in [0.1, 0.15) is 11.6 Å². The maximum absolute atomic E-state index is 12.9. The lowest BCUT2D eigenvalue weighted by Crippen LogP contribution is -2.55. The molecule has 3 heterocycles. The van der Waals surface area contributed by atoms with Crippen molar-refractivity contribution in [1.29, 1.82) is 5.41 Å². The number of hydrogen-bond acceptors (Lipinski definition) is 6. The minimum absolute atomic E-state index is 0.161. The molecule has 0 aliphatic carbocycles. The van der Waals surface area contributed by atoms with Crippen molar-refractivity contribution < 1.29 is 13.9 Å². The fourth-order valence-corrected chi connectivity index (χ4v) is 2.91. The normalized spacial score (nSPS) is 15.7. The summed E-state index contributed by atoms with van der Waals surface area (Å²) < 4.78 is 10.6. The highest BCUT2D eigenvalue weighted by Crippen LogP contribution is 2.31. The fourth-order valence-electron chi connectivity index (χ4n) is 2.91. The minimum Gasteiger partial charge on any atom is -0.497 e. The molecule has 0 spiro atoms. The van der Waals surface area contributed by atoms with Gasteiger partial charge in [0, 0.05) is 11.9 Å². The molecule has 1 aliphatic rings. The second-order valence-electron chi connectivity index (χ2n) is 5.86. The summed E-state index contributed by atoms with van der Waals surface area (Å²) in [6.45, 7) is 0. The number of furan rings is 1. The Balaban J connectivity index is 1.69. The Bertz CT molecular complexity index is 969. The zero-order valence-corrected chi connectivity index (χ0v) is 14.5. The van der Waals surface area contributed by atoms with E-state index >= 15 is 0 Å². The molecule has 8 heteroatoms. The van der Waals surface area contributed by atoms with Crippen LogP contribution in [-0.2, 0) is 4.79 Å². The van der Waals surface area contributed by atoms with Crippen molar-refractivity contribution >= 4 is 29.0 Å². The van der Waals surface area contributed by atoms with Crippen molar-refractivity contribution in [2.24, 2.45) is 0 Å². The van der Waals surface area contributed by atoms with Gasteiger partial charge < -0.3 is 19.8 Å². The number of carbonyl (C=O) groups excluding carboxylic acids is 1. The van der Waals surface area contributed by atoms with Crippen molar-refractivity contribution in [3.63, 3.8) is 0 Å². The van der Waals surface area contributed by atoms with Crippen molar-refractivity contribution in [2.45, 2.75) is 6.17 Å². The maximum Gasteiger partial charge on any atom is 0.268 e. The third-order valence-electron chi connectivity index (χ3n) is 4.22. The SMILES string of the molecule is COc1ccc(N2C(=N)c3ccoc3NC2C(=O)Nc2cccnc2)cc1. The van der Waals surface area contributed by atoms with E-state index in [0.29, 0.717) is 28.6 Å². The molecular formula is C19H17N5O3. The molecule has 0 saturated heterocycles. The first kappa shape index (κ1) is 16.6. The number of anilines is 3. The van der Waals surface area contributed by atoms with Crippen molar-refractivity contribution in [2.75, 3.05) is 22.6 Å². The molecule has 136 valence electrons. The number of aromatic nitrogens is 1. The van der Waals surface area contributed by atoms with Crippen LogP contribution in [0.4, 0.5) is 17.3 Å². The molecule has 0 fully saturated rings. The Morgan fingerprint density at radius 3 is 2.81 bits per heavy atom. The molecular weight excluding hydrogens is 346 g/mol. The van der Waals surface area contributed by atoms with Crippen LogP contribution in [0, 0.1) is 5.41 Å². The Labute approximate surface area is 155 Å². The average Bonchev–Trinajstić information content (AvgIpc) is 3.18. The van der Waals surface area contributed by atoms with E-state index in [-0.39, 0.29) is 11.7 Å². The summed E-state index contributed by atoms with van der Waals surface area (Å²) in [5, 5.41) is 14.5. The van der Waals surface area contributed by atoms with E-state index in [4.69, 9.17) is 14.6 Å². The first-order chi connectivity index (χ1) is 13.2. The standard InChI is InChI=1S/C19H17N5O3/c1-26-14-6-4-13(5-7-14)24-16(20)15-8-10-27-19(15)23-17(24)18(25)22-12-3-2-9-21-11-12/h2-11,17,20,23H,1H3,(H,22,25). The van der Waals surface area contributed by atoms with Gasteiger partial charge in [-0.05, 0) is 42.5 Å². The molecule has 0 saturated carbocycles. The predicted octanol–water partition coefficient (Wildman–Crippen LogP) is 2.91. The molecule has 1 unspecified atom stereocenters. The van der Waals surface area contributed by atoms with E-state index in [9.17, 15) is 4.79 Å². The van der Waals surface area contributed by atoms with Crippen molar-refractivity contribution in [3.05, 3.63) is 66.7 Å². The zero-order valence-electron chi connectivity index (χ0n) is 14.5. The lowest BCUT2D eigenvalue weighted by atomic mass is 10.1. The number of nitrogens with zero attached hydrogens (tertiary/aromatic N) is 2. The fraction of sp³-hybridized carbons (Fsp3) is 0.105. The summed E-state index contributed by atoms with van der Waals surface area (Å²) in [5.74, 6) is 0.895. The predicted molar refractivity (Wildman–Crippen MR) is 101 cm³/mol. The van der Waals surface area contributed by atoms with Crippen LogP contribution in [0.25, 0.3) is 0 Å². The van der Waals surface area contributed by atoms with Gasteiger partial charge in [-0.25, -0.2) is 0 Å². The molecule has 4 rings (SSSR count). The Kier molecular flexibility index (Phi) is 4.21. The third kappa shape index (κ3) is 3.08. The number of amidine groups is 1. The van der Waals surface area contributed by atoms with Crippen LogP contribution < -0.4 is 20.3 Å². The lowest BCUT2D eigenvalue weighted by molar-refractivity contribution is -0.116. The van der Waals surface area contributed by atoms with E-state index in [1.54, 1.807) is 66.9 Å². The second-order valence-corrected chi connectivity index (χ2v) is 5.86. The quantitative estimate of drug-likeness (QED) is 0.658. The summed E-state index contributed by atoms with van der Waals surface area (Å²) in [6.07, 6.45) is 3.80. The average molecular weight is 363 g/mol. The van der Waals surface area contributed by atoms with E-state index in [1.165, 1.54) is 6.26 Å². The molecule has 0 radical (unpaired) electrons. The van der Waals surface area contributed by atoms with Gasteiger partial charge in [0.25, 0.3) is 5.91 Å². The highest BCUT2D eigenvalue weighted by molar-refractivity contribution is 6.17. The first-order valence-electron chi connectivity index (χ1n) is 8.24. The van der Waals surface area contributed by atoms with Crippen LogP contribution in [0.1, 0.15) is 5.56 Å². The van der Waals surface area contributed by atoms with Crippen LogP contribution in [0.3, 0.4) is 0 Å². The molecule has 3 N–H and O–H groups in total. The van der Waals surface area contributed by atoms with Gasteiger partial charge in [-0.3, -0.25) is 20.1 Å². The van der Waals surface area contributed by atoms with E-state index in [2.05, 4.69) is 15.6 Å². The van der Waals surface area contributed by atoms with Gasteiger partial charge in [0.05, 0.1) is 30.8 Å². The van der Waals surface area contributed by atoms with Crippen LogP contribution >= 0.6 is 0 Å². The highest BCUT2D eigenvalue weighted by Gasteiger charge is 2.37. The number of rotatable bonds is 4. The summed E-state index contributed by atoms with van der Waals surface area (Å²) in [4.78, 5) is 18.5. The molecule has 0 bridgehead atoms. The number of carbonyl (C=O) groups is 1. The molecule has 3 aromatic rings. The molecule has 2 aromatic heterocycles. The second kappa shape index (κ2) is 6.83. The van der Waals surface area contributed by atoms with Gasteiger partial charge >= 0.3 is 0 Å². The smallest absolute Gasteiger partial charge is 0.268 e. The van der Waals surface area contributed by atoms with Crippen molar-refractivity contribution in [3.8, 4) is 5.75 Å². The number of amides is 1. The van der Waals surface area contributed by atoms with Crippen LogP contribution in [0.5, 0.6) is 5.75 Å². The maximum atomic E-state index is 12.9. The highest BCUT2D eigenvalue weighted by atomic mass is 16.5. The number of ether oxygens (including phenoxy) is 1. The molecule has 1 amide bonds. The zero-order chi connectivity index (χ0) is 18.8. The largest absolute Gasteiger partial charge is 0.497 e. The third-order valence-corrected chi connectivity index (χ3v) is 4.22. The molecule has 1 aromatic carbocycles. The summed E-state index contributed by atoms with van der Waals surface area (Å²) in [5.41, 5.74) is 1.82. The van der Waals surface area contributed by atoms with Gasteiger partial charge in [0.15, 0.2) is 6.17 Å². The number of methoxy groups -OCH3 is 1. The minimum atomic E-state index is -0.871. The number of benzene rings is 1. The molecule has 1 aliphatic heterocycles. The van der Waals surface area contributed by atoms with Gasteiger partial charge in [-0.2, -0.15) is 0 Å².